The van der Waals surface area contributed by atoms with E-state index in [0.717, 1.165) is 28.3 Å². The van der Waals surface area contributed by atoms with Gasteiger partial charge in [0.25, 0.3) is 0 Å². The van der Waals surface area contributed by atoms with Crippen LogP contribution in [0.2, 0.25) is 5.02 Å². The molecule has 0 saturated carbocycles. The second kappa shape index (κ2) is 11.4. The molecule has 1 atom stereocenters. The number of nitrogens with zero attached hydrogens (tertiary/aromatic N) is 3. The molecule has 0 spiro atoms. The van der Waals surface area contributed by atoms with Crippen LogP contribution in [0.5, 0.6) is 5.75 Å². The Labute approximate surface area is 233 Å². The van der Waals surface area contributed by atoms with Crippen LogP contribution in [0, 0.1) is 5.92 Å². The molecular weight excluding hydrogens is 520 g/mol. The van der Waals surface area contributed by atoms with Crippen LogP contribution in [0.15, 0.2) is 48.5 Å². The summed E-state index contributed by atoms with van der Waals surface area (Å²) in [6, 6.07) is 15.3. The average molecular weight is 555 g/mol. The standard InChI is InChI=1S/C29H35ClN4O3S/c1-18(2)15-31-23(35)16-33-24(36)17-38-26(19-8-7-9-20(30)14-19)25-27(29(3,4)5)32-34(28(25)33)21-10-12-22(37-6)13-11-21/h7-14,18,26H,15-17H2,1-6H3,(H,31,35). The van der Waals surface area contributed by atoms with Gasteiger partial charge >= 0.3 is 0 Å². The van der Waals surface area contributed by atoms with Gasteiger partial charge in [-0.05, 0) is 47.9 Å². The van der Waals surface area contributed by atoms with E-state index >= 15 is 0 Å². The van der Waals surface area contributed by atoms with Gasteiger partial charge in [0.05, 0.1) is 29.5 Å². The van der Waals surface area contributed by atoms with E-state index in [1.165, 1.54) is 11.8 Å². The average Bonchev–Trinajstić information content (AvgIpc) is 3.20. The van der Waals surface area contributed by atoms with Crippen LogP contribution >= 0.6 is 23.4 Å². The van der Waals surface area contributed by atoms with Gasteiger partial charge in [0.15, 0.2) is 0 Å². The maximum atomic E-state index is 13.7. The van der Waals surface area contributed by atoms with Gasteiger partial charge in [-0.25, -0.2) is 4.68 Å². The Balaban J connectivity index is 1.96. The number of nitrogens with one attached hydrogen (secondary N) is 1. The molecule has 1 unspecified atom stereocenters. The van der Waals surface area contributed by atoms with E-state index in [1.807, 2.05) is 62.4 Å². The summed E-state index contributed by atoms with van der Waals surface area (Å²) in [7, 11) is 1.62. The number of rotatable bonds is 7. The zero-order valence-corrected chi connectivity index (χ0v) is 24.3. The summed E-state index contributed by atoms with van der Waals surface area (Å²) in [5.41, 5.74) is 3.21. The van der Waals surface area contributed by atoms with Crippen molar-refractivity contribution in [3.63, 3.8) is 0 Å². The second-order valence-corrected chi connectivity index (χ2v) is 12.4. The molecule has 0 aliphatic carbocycles. The van der Waals surface area contributed by atoms with Crippen LogP contribution in [0.4, 0.5) is 5.82 Å². The van der Waals surface area contributed by atoms with E-state index in [9.17, 15) is 9.59 Å². The summed E-state index contributed by atoms with van der Waals surface area (Å²) in [4.78, 5) is 28.3. The lowest BCUT2D eigenvalue weighted by Crippen LogP contribution is -2.43. The predicted molar refractivity (Wildman–Crippen MR) is 155 cm³/mol. The van der Waals surface area contributed by atoms with Crippen molar-refractivity contribution < 1.29 is 14.3 Å². The first kappa shape index (κ1) is 28.0. The van der Waals surface area contributed by atoms with Gasteiger partial charge < -0.3 is 10.1 Å². The molecule has 0 saturated heterocycles. The highest BCUT2D eigenvalue weighted by Gasteiger charge is 2.40. The summed E-state index contributed by atoms with van der Waals surface area (Å²) in [6.45, 7) is 10.9. The highest BCUT2D eigenvalue weighted by atomic mass is 35.5. The van der Waals surface area contributed by atoms with E-state index in [4.69, 9.17) is 21.4 Å². The van der Waals surface area contributed by atoms with Crippen LogP contribution in [-0.2, 0) is 15.0 Å². The minimum Gasteiger partial charge on any atom is -0.497 e. The summed E-state index contributed by atoms with van der Waals surface area (Å²) < 4.78 is 7.16. The quantitative estimate of drug-likeness (QED) is 0.401. The molecule has 1 aromatic heterocycles. The lowest BCUT2D eigenvalue weighted by molar-refractivity contribution is -0.123. The van der Waals surface area contributed by atoms with Crippen molar-refractivity contribution in [3.05, 3.63) is 70.4 Å². The summed E-state index contributed by atoms with van der Waals surface area (Å²) in [5.74, 6) is 1.50. The molecule has 3 aromatic rings. The smallest absolute Gasteiger partial charge is 0.240 e. The number of aromatic nitrogens is 2. The monoisotopic (exact) mass is 554 g/mol. The Morgan fingerprint density at radius 1 is 1.21 bits per heavy atom. The molecule has 2 heterocycles. The van der Waals surface area contributed by atoms with E-state index in [2.05, 4.69) is 26.1 Å². The van der Waals surface area contributed by atoms with Crippen molar-refractivity contribution in [3.8, 4) is 11.4 Å². The summed E-state index contributed by atoms with van der Waals surface area (Å²) >= 11 is 7.94. The molecule has 4 rings (SSSR count). The van der Waals surface area contributed by atoms with Crippen LogP contribution in [0.25, 0.3) is 5.69 Å². The zero-order valence-electron chi connectivity index (χ0n) is 22.7. The number of thioether (sulfide) groups is 1. The SMILES string of the molecule is COc1ccc(-n2nc(C(C)(C)C)c3c2N(CC(=O)NCC(C)C)C(=O)CSC3c2cccc(Cl)c2)cc1. The van der Waals surface area contributed by atoms with Gasteiger partial charge in [0.2, 0.25) is 11.8 Å². The van der Waals surface area contributed by atoms with Crippen molar-refractivity contribution >= 4 is 41.0 Å². The van der Waals surface area contributed by atoms with Gasteiger partial charge in [-0.1, -0.05) is 58.4 Å². The molecule has 1 aliphatic rings. The topological polar surface area (TPSA) is 76.5 Å². The van der Waals surface area contributed by atoms with Crippen LogP contribution in [0.3, 0.4) is 0 Å². The third kappa shape index (κ3) is 6.02. The van der Waals surface area contributed by atoms with Gasteiger partial charge in [0.1, 0.15) is 18.1 Å². The number of benzene rings is 2. The van der Waals surface area contributed by atoms with Gasteiger partial charge in [-0.2, -0.15) is 5.10 Å². The molecular formula is C29H35ClN4O3S. The van der Waals surface area contributed by atoms with E-state index in [0.29, 0.717) is 23.3 Å². The first-order valence-corrected chi connectivity index (χ1v) is 14.1. The number of ether oxygens (including phenoxy) is 1. The van der Waals surface area contributed by atoms with Crippen molar-refractivity contribution in [1.82, 2.24) is 15.1 Å². The number of carbonyl (C=O) groups is 2. The minimum atomic E-state index is -0.335. The molecule has 0 bridgehead atoms. The number of anilines is 1. The van der Waals surface area contributed by atoms with E-state index in [1.54, 1.807) is 16.7 Å². The normalized spacial score (nSPS) is 15.8. The van der Waals surface area contributed by atoms with Gasteiger partial charge in [-0.15, -0.1) is 11.8 Å². The molecule has 1 aliphatic heterocycles. The third-order valence-electron chi connectivity index (χ3n) is 6.28. The van der Waals surface area contributed by atoms with Crippen molar-refractivity contribution in [2.75, 3.05) is 30.9 Å². The number of hydrogen-bond donors (Lipinski definition) is 1. The summed E-state index contributed by atoms with van der Waals surface area (Å²) in [6.07, 6.45) is 0. The van der Waals surface area contributed by atoms with Gasteiger partial charge in [-0.3, -0.25) is 14.5 Å². The molecule has 38 heavy (non-hydrogen) atoms. The predicted octanol–water partition coefficient (Wildman–Crippen LogP) is 5.77. The summed E-state index contributed by atoms with van der Waals surface area (Å²) in [5, 5.41) is 8.49. The molecule has 2 amide bonds. The highest BCUT2D eigenvalue weighted by molar-refractivity contribution is 8.00. The number of hydrogen-bond acceptors (Lipinski definition) is 5. The second-order valence-electron chi connectivity index (χ2n) is 10.9. The maximum Gasteiger partial charge on any atom is 0.240 e. The number of methoxy groups -OCH3 is 1. The van der Waals surface area contributed by atoms with Crippen LogP contribution < -0.4 is 15.0 Å². The largest absolute Gasteiger partial charge is 0.497 e. The number of amides is 2. The molecule has 0 fully saturated rings. The van der Waals surface area contributed by atoms with Crippen molar-refractivity contribution in [2.45, 2.75) is 45.3 Å². The number of halogens is 1. The Morgan fingerprint density at radius 3 is 2.53 bits per heavy atom. The lowest BCUT2D eigenvalue weighted by atomic mass is 9.87. The van der Waals surface area contributed by atoms with Crippen molar-refractivity contribution in [2.24, 2.45) is 5.92 Å². The van der Waals surface area contributed by atoms with E-state index in [-0.39, 0.29) is 34.8 Å². The molecule has 1 N–H and O–H groups in total. The lowest BCUT2D eigenvalue weighted by Gasteiger charge is -2.24. The molecule has 202 valence electrons. The van der Waals surface area contributed by atoms with Crippen LogP contribution in [0.1, 0.15) is 56.7 Å². The molecule has 9 heteroatoms. The Morgan fingerprint density at radius 2 is 1.92 bits per heavy atom. The molecule has 7 nitrogen and oxygen atoms in total. The zero-order chi connectivity index (χ0) is 27.6. The number of carbonyl (C=O) groups excluding carboxylic acids is 2. The molecule has 0 radical (unpaired) electrons. The fourth-order valence-electron chi connectivity index (χ4n) is 4.43. The fraction of sp³-hybridized carbons (Fsp3) is 0.414. The maximum absolute atomic E-state index is 13.7. The first-order valence-electron chi connectivity index (χ1n) is 12.7. The Bertz CT molecular complexity index is 1310. The Hall–Kier alpha value is -2.97. The third-order valence-corrected chi connectivity index (χ3v) is 7.77. The van der Waals surface area contributed by atoms with Gasteiger partial charge in [0, 0.05) is 22.5 Å². The minimum absolute atomic E-state index is 0.0905. The fourth-order valence-corrected chi connectivity index (χ4v) is 5.81. The van der Waals surface area contributed by atoms with E-state index < -0.39 is 0 Å². The van der Waals surface area contributed by atoms with Crippen molar-refractivity contribution in [1.29, 1.82) is 0 Å². The Kier molecular flexibility index (Phi) is 8.43. The molecule has 2 aromatic carbocycles. The van der Waals surface area contributed by atoms with Crippen LogP contribution in [-0.4, -0.2) is 47.5 Å². The first-order chi connectivity index (χ1) is 18.0. The number of fused-ring (bicyclic) bond motifs is 1. The highest BCUT2D eigenvalue weighted by Crippen LogP contribution is 2.48.